The molecule has 1 aliphatic rings. The largest absolute Gasteiger partial charge is 0.342 e. The summed E-state index contributed by atoms with van der Waals surface area (Å²) >= 11 is 0. The van der Waals surface area contributed by atoms with Crippen LogP contribution in [0.3, 0.4) is 0 Å². The van der Waals surface area contributed by atoms with E-state index in [0.717, 1.165) is 28.6 Å². The topological polar surface area (TPSA) is 72.9 Å². The number of carbonyl (C=O) groups excluding carboxylic acids is 1. The molecule has 2 aromatic carbocycles. The second-order valence-electron chi connectivity index (χ2n) is 6.36. The van der Waals surface area contributed by atoms with Crippen molar-refractivity contribution in [3.05, 3.63) is 65.7 Å². The summed E-state index contributed by atoms with van der Waals surface area (Å²) in [6.07, 6.45) is 4.62. The van der Waals surface area contributed by atoms with Gasteiger partial charge in [0.25, 0.3) is 5.91 Å². The number of benzene rings is 2. The number of carbonyl (C=O) groups is 1. The molecule has 1 aromatic heterocycles. The normalized spacial score (nSPS) is 19.4. The molecule has 2 atom stereocenters. The van der Waals surface area contributed by atoms with Crippen LogP contribution in [0.25, 0.3) is 10.8 Å². The lowest BCUT2D eigenvalue weighted by Crippen LogP contribution is -2.27. The first-order valence-electron chi connectivity index (χ1n) is 8.22. The Bertz CT molecular complexity index is 915. The minimum Gasteiger partial charge on any atom is -0.342 e. The van der Waals surface area contributed by atoms with Gasteiger partial charge in [-0.3, -0.25) is 4.79 Å². The molecule has 4 rings (SSSR count). The molecule has 1 amide bonds. The van der Waals surface area contributed by atoms with Gasteiger partial charge in [0, 0.05) is 30.5 Å². The van der Waals surface area contributed by atoms with Crippen LogP contribution in [-0.2, 0) is 6.54 Å². The van der Waals surface area contributed by atoms with Gasteiger partial charge in [-0.25, -0.2) is 4.98 Å². The quantitative estimate of drug-likeness (QED) is 0.779. The van der Waals surface area contributed by atoms with E-state index in [1.165, 1.54) is 0 Å². The van der Waals surface area contributed by atoms with Crippen LogP contribution in [0.4, 0.5) is 0 Å². The zero-order valence-electron chi connectivity index (χ0n) is 13.6. The number of nitrogens with zero attached hydrogens (tertiary/aromatic N) is 2. The number of fused-ring (bicyclic) bond motifs is 2. The molecule has 0 aliphatic carbocycles. The van der Waals surface area contributed by atoms with Gasteiger partial charge in [-0.05, 0) is 41.8 Å². The molecule has 0 saturated heterocycles. The van der Waals surface area contributed by atoms with Crippen LogP contribution >= 0.6 is 0 Å². The average molecular weight is 320 g/mol. The number of hydrogen-bond acceptors (Lipinski definition) is 3. The molecular weight excluding hydrogens is 300 g/mol. The lowest BCUT2D eigenvalue weighted by Gasteiger charge is -2.13. The van der Waals surface area contributed by atoms with Gasteiger partial charge in [0.2, 0.25) is 0 Å². The van der Waals surface area contributed by atoms with E-state index in [9.17, 15) is 4.79 Å². The van der Waals surface area contributed by atoms with Crippen LogP contribution in [0, 0.1) is 0 Å². The lowest BCUT2D eigenvalue weighted by atomic mass is 10.0. The van der Waals surface area contributed by atoms with E-state index in [-0.39, 0.29) is 11.9 Å². The second kappa shape index (κ2) is 5.76. The van der Waals surface area contributed by atoms with Crippen molar-refractivity contribution in [3.63, 3.8) is 0 Å². The Morgan fingerprint density at radius 2 is 2.25 bits per heavy atom. The highest BCUT2D eigenvalue weighted by atomic mass is 16.1. The molecule has 2 heterocycles. The van der Waals surface area contributed by atoms with Crippen molar-refractivity contribution in [3.8, 4) is 0 Å². The van der Waals surface area contributed by atoms with Gasteiger partial charge in [-0.15, -0.1) is 0 Å². The summed E-state index contributed by atoms with van der Waals surface area (Å²) in [6, 6.07) is 12.1. The zero-order chi connectivity index (χ0) is 16.7. The second-order valence-corrected chi connectivity index (χ2v) is 6.36. The molecule has 0 spiro atoms. The fraction of sp³-hybridized carbons (Fsp3) is 0.263. The van der Waals surface area contributed by atoms with Crippen molar-refractivity contribution >= 4 is 16.7 Å². The lowest BCUT2D eigenvalue weighted by molar-refractivity contribution is 0.0935. The molecule has 3 aromatic rings. The van der Waals surface area contributed by atoms with Gasteiger partial charge in [0.05, 0.1) is 6.04 Å². The van der Waals surface area contributed by atoms with Gasteiger partial charge in [-0.2, -0.15) is 0 Å². The van der Waals surface area contributed by atoms with Crippen LogP contribution < -0.4 is 11.1 Å². The Hall–Kier alpha value is -2.66. The Labute approximate surface area is 140 Å². The summed E-state index contributed by atoms with van der Waals surface area (Å²) < 4.78 is 2.12. The molecule has 3 N–H and O–H groups in total. The van der Waals surface area contributed by atoms with E-state index in [1.54, 1.807) is 6.20 Å². The summed E-state index contributed by atoms with van der Waals surface area (Å²) in [5, 5.41) is 5.25. The van der Waals surface area contributed by atoms with Crippen LogP contribution in [0.15, 0.2) is 48.8 Å². The van der Waals surface area contributed by atoms with Crippen molar-refractivity contribution in [1.82, 2.24) is 14.9 Å². The number of nitrogens with one attached hydrogen (secondary N) is 1. The van der Waals surface area contributed by atoms with Crippen LogP contribution in [0.2, 0.25) is 0 Å². The molecule has 0 bridgehead atoms. The van der Waals surface area contributed by atoms with Gasteiger partial charge < -0.3 is 15.6 Å². The van der Waals surface area contributed by atoms with E-state index < -0.39 is 0 Å². The number of imidazole rings is 1. The van der Waals surface area contributed by atoms with Crippen molar-refractivity contribution in [2.24, 2.45) is 5.73 Å². The maximum absolute atomic E-state index is 12.7. The highest BCUT2D eigenvalue weighted by Crippen LogP contribution is 2.32. The monoisotopic (exact) mass is 320 g/mol. The highest BCUT2D eigenvalue weighted by Gasteiger charge is 2.30. The van der Waals surface area contributed by atoms with Gasteiger partial charge in [0.15, 0.2) is 0 Å². The Kier molecular flexibility index (Phi) is 3.58. The van der Waals surface area contributed by atoms with E-state index in [1.807, 2.05) is 42.6 Å². The average Bonchev–Trinajstić information content (AvgIpc) is 3.19. The fourth-order valence-corrected chi connectivity index (χ4v) is 3.55. The molecule has 0 radical (unpaired) electrons. The molecule has 0 fully saturated rings. The number of hydrogen-bond donors (Lipinski definition) is 2. The number of amides is 1. The number of rotatable bonds is 3. The molecule has 2 unspecified atom stereocenters. The molecule has 1 aliphatic heterocycles. The SMILES string of the molecule is CC1CC(NC(=O)c2ccc3cccc(CN)c3c2)c2nccn21. The minimum absolute atomic E-state index is 0.0389. The molecule has 0 saturated carbocycles. The molecule has 5 heteroatoms. The van der Waals surface area contributed by atoms with Crippen LogP contribution in [0.1, 0.15) is 47.2 Å². The third-order valence-electron chi connectivity index (χ3n) is 4.82. The van der Waals surface area contributed by atoms with E-state index in [0.29, 0.717) is 18.2 Å². The van der Waals surface area contributed by atoms with E-state index in [4.69, 9.17) is 5.73 Å². The van der Waals surface area contributed by atoms with Crippen molar-refractivity contribution in [2.75, 3.05) is 0 Å². The third-order valence-corrected chi connectivity index (χ3v) is 4.82. The third kappa shape index (κ3) is 2.37. The fourth-order valence-electron chi connectivity index (χ4n) is 3.55. The summed E-state index contributed by atoms with van der Waals surface area (Å²) in [5.41, 5.74) is 7.52. The number of nitrogens with two attached hydrogens (primary N) is 1. The van der Waals surface area contributed by atoms with Gasteiger partial charge in [0.1, 0.15) is 5.82 Å². The summed E-state index contributed by atoms with van der Waals surface area (Å²) in [4.78, 5) is 17.1. The summed E-state index contributed by atoms with van der Waals surface area (Å²) in [5.74, 6) is 0.858. The molecular formula is C19H20N4O. The van der Waals surface area contributed by atoms with Crippen LogP contribution in [0.5, 0.6) is 0 Å². The zero-order valence-corrected chi connectivity index (χ0v) is 13.6. The minimum atomic E-state index is -0.0719. The Morgan fingerprint density at radius 1 is 1.38 bits per heavy atom. The first-order valence-corrected chi connectivity index (χ1v) is 8.22. The first kappa shape index (κ1) is 14.9. The predicted molar refractivity (Wildman–Crippen MR) is 93.6 cm³/mol. The van der Waals surface area contributed by atoms with Crippen molar-refractivity contribution in [1.29, 1.82) is 0 Å². The van der Waals surface area contributed by atoms with Crippen molar-refractivity contribution < 1.29 is 4.79 Å². The number of aromatic nitrogens is 2. The first-order chi connectivity index (χ1) is 11.7. The molecule has 5 nitrogen and oxygen atoms in total. The maximum Gasteiger partial charge on any atom is 0.251 e. The van der Waals surface area contributed by atoms with Crippen LogP contribution in [-0.4, -0.2) is 15.5 Å². The van der Waals surface area contributed by atoms with E-state index in [2.05, 4.69) is 21.8 Å². The Balaban J connectivity index is 1.63. The van der Waals surface area contributed by atoms with Crippen molar-refractivity contribution in [2.45, 2.75) is 32.0 Å². The Morgan fingerprint density at radius 3 is 3.08 bits per heavy atom. The molecule has 122 valence electrons. The molecule has 24 heavy (non-hydrogen) atoms. The van der Waals surface area contributed by atoms with E-state index >= 15 is 0 Å². The summed E-state index contributed by atoms with van der Waals surface area (Å²) in [7, 11) is 0. The van der Waals surface area contributed by atoms with Gasteiger partial charge >= 0.3 is 0 Å². The van der Waals surface area contributed by atoms with Gasteiger partial charge in [-0.1, -0.05) is 24.3 Å². The highest BCUT2D eigenvalue weighted by molar-refractivity contribution is 5.99. The standard InChI is InChI=1S/C19H20N4O/c1-12-9-17(18-21-7-8-23(12)18)22-19(24)14-6-5-13-3-2-4-15(11-20)16(13)10-14/h2-8,10,12,17H,9,11,20H2,1H3,(H,22,24). The maximum atomic E-state index is 12.7. The smallest absolute Gasteiger partial charge is 0.251 e. The summed E-state index contributed by atoms with van der Waals surface area (Å²) in [6.45, 7) is 2.60. The predicted octanol–water partition coefficient (Wildman–Crippen LogP) is 2.93.